The number of hydrogen-bond donors (Lipinski definition) is 0. The van der Waals surface area contributed by atoms with Crippen molar-refractivity contribution in [1.82, 2.24) is 24.9 Å². The molecule has 0 spiro atoms. The summed E-state index contributed by atoms with van der Waals surface area (Å²) in [7, 11) is 7.94. The number of allylic oxidation sites excluding steroid dienone is 2. The Morgan fingerprint density at radius 2 is 0.608 bits per heavy atom. The van der Waals surface area contributed by atoms with Crippen molar-refractivity contribution in [3.8, 4) is 84.4 Å². The second-order valence-electron chi connectivity index (χ2n) is 40.8. The van der Waals surface area contributed by atoms with Crippen LogP contribution in [0.15, 0.2) is 128 Å². The van der Waals surface area contributed by atoms with Crippen molar-refractivity contribution < 1.29 is 45.6 Å². The van der Waals surface area contributed by atoms with E-state index >= 15 is 0 Å². The first-order valence-corrected chi connectivity index (χ1v) is 45.0. The first-order valence-electron chi connectivity index (χ1n) is 45.0. The molecular weight excluding hydrogens is 1570 g/mol. The van der Waals surface area contributed by atoms with Crippen LogP contribution in [0.2, 0.25) is 0 Å². The molecule has 0 aliphatic heterocycles. The maximum absolute atomic E-state index is 14.5. The highest BCUT2D eigenvalue weighted by Gasteiger charge is 2.34. The summed E-state index contributed by atoms with van der Waals surface area (Å²) < 4.78 is 99.4. The van der Waals surface area contributed by atoms with Crippen LogP contribution in [-0.2, 0) is 27.1 Å². The van der Waals surface area contributed by atoms with Crippen LogP contribution in [-0.4, -0.2) is 60.5 Å². The van der Waals surface area contributed by atoms with Crippen LogP contribution >= 0.6 is 0 Å². The van der Waals surface area contributed by atoms with E-state index in [1.54, 1.807) is 35.5 Å². The first-order chi connectivity index (χ1) is 58.4. The largest absolute Gasteiger partial charge is 0.496 e. The van der Waals surface area contributed by atoms with E-state index in [1.807, 2.05) is 126 Å². The van der Waals surface area contributed by atoms with Crippen LogP contribution < -0.4 is 23.7 Å². The van der Waals surface area contributed by atoms with Crippen LogP contribution in [0.4, 0.5) is 22.0 Å². The molecule has 13 rings (SSSR count). The molecule has 2 saturated carbocycles. The number of rotatable bonds is 18. The zero-order valence-electron chi connectivity index (χ0n) is 81.2. The standard InChI is InChI=1S/C24H32FNO.C24H30FNO.C22H28FNO.2C20H26FNO/c2*1-15(2)18-13-19(22(27-6)14-20(18)25)17-11-12-21(16-9-7-8-10-16)26-23(17)24(3,4)5;1-13(2)16-11-17(20(25-6)12-18(16)23)15-9-10-19(14-7-8-14)24-21(15)22(3,4)5;1-12(2)14-9-15(19(23-7)10-18(14)21)16-11-22-13(3)8-17(16)20(4,5)6;1-12(2)15-10-16(18(23-7)11-17(15)21)14-9-8-13(3)22-19(14)20(4,5)6/h11-16H,7-10H2,1-6H3;9,11-15H,7-8,10H2,1-6H3;9-14H,7-8H2,1-6H3;2*8-12H,1-7H3. The number of ether oxygens (including phenoxy) is 5. The van der Waals surface area contributed by atoms with Gasteiger partial charge in [-0.1, -0.05) is 216 Å². The lowest BCUT2D eigenvalue weighted by Gasteiger charge is -2.25. The molecule has 125 heavy (non-hydrogen) atoms. The van der Waals surface area contributed by atoms with Crippen molar-refractivity contribution in [2.45, 2.75) is 313 Å². The van der Waals surface area contributed by atoms with E-state index in [4.69, 9.17) is 43.6 Å². The third kappa shape index (κ3) is 24.1. The van der Waals surface area contributed by atoms with E-state index in [0.717, 1.165) is 108 Å². The summed E-state index contributed by atoms with van der Waals surface area (Å²) in [5, 5.41) is 0. The highest BCUT2D eigenvalue weighted by molar-refractivity contribution is 5.80. The predicted octanol–water partition coefficient (Wildman–Crippen LogP) is 31.3. The van der Waals surface area contributed by atoms with Gasteiger partial charge in [-0.3, -0.25) is 24.9 Å². The Balaban J connectivity index is 0.000000177. The summed E-state index contributed by atoms with van der Waals surface area (Å²) in [5.41, 5.74) is 24.7. The molecule has 5 heterocycles. The molecule has 0 amide bonds. The third-order valence-electron chi connectivity index (χ3n) is 23.7. The van der Waals surface area contributed by atoms with Crippen molar-refractivity contribution in [3.05, 3.63) is 241 Å². The van der Waals surface area contributed by atoms with Gasteiger partial charge in [0, 0.05) is 148 Å². The van der Waals surface area contributed by atoms with Gasteiger partial charge in [-0.25, -0.2) is 22.0 Å². The Morgan fingerprint density at radius 1 is 0.312 bits per heavy atom. The summed E-state index contributed by atoms with van der Waals surface area (Å²) in [6.45, 7) is 56.5. The molecule has 0 unspecified atom stereocenters. The fraction of sp³-hybridized carbons (Fsp3) is 0.482. The van der Waals surface area contributed by atoms with Crippen LogP contribution in [0.5, 0.6) is 28.7 Å². The van der Waals surface area contributed by atoms with Crippen LogP contribution in [0.3, 0.4) is 0 Å². The van der Waals surface area contributed by atoms with Gasteiger partial charge in [0.25, 0.3) is 0 Å². The van der Waals surface area contributed by atoms with Gasteiger partial charge in [0.2, 0.25) is 0 Å². The van der Waals surface area contributed by atoms with Gasteiger partial charge < -0.3 is 23.7 Å². The fourth-order valence-corrected chi connectivity index (χ4v) is 16.6. The molecule has 672 valence electrons. The summed E-state index contributed by atoms with van der Waals surface area (Å²) in [4.78, 5) is 24.4. The van der Waals surface area contributed by atoms with E-state index in [0.29, 0.717) is 68.4 Å². The third-order valence-corrected chi connectivity index (χ3v) is 23.7. The zero-order valence-corrected chi connectivity index (χ0v) is 81.2. The number of hydrogen-bond acceptors (Lipinski definition) is 10. The summed E-state index contributed by atoms with van der Waals surface area (Å²) in [5.74, 6) is 3.40. The van der Waals surface area contributed by atoms with Crippen molar-refractivity contribution in [1.29, 1.82) is 0 Å². The number of aromatic nitrogens is 5. The molecule has 0 bridgehead atoms. The van der Waals surface area contributed by atoms with Crippen molar-refractivity contribution in [3.63, 3.8) is 0 Å². The molecule has 0 radical (unpaired) electrons. The second-order valence-corrected chi connectivity index (χ2v) is 40.8. The first kappa shape index (κ1) is 99.0. The monoisotopic (exact) mass is 1710 g/mol. The Hall–Kier alpha value is -9.76. The average molecular weight is 1710 g/mol. The normalized spacial score (nSPS) is 13.9. The number of aryl methyl sites for hydroxylation is 2. The molecule has 0 N–H and O–H groups in total. The number of halogens is 5. The van der Waals surface area contributed by atoms with Gasteiger partial charge in [-0.05, 0) is 193 Å². The van der Waals surface area contributed by atoms with Crippen molar-refractivity contribution in [2.24, 2.45) is 0 Å². The molecule has 5 aromatic heterocycles. The highest BCUT2D eigenvalue weighted by atomic mass is 19.1. The second kappa shape index (κ2) is 40.9. The quantitative estimate of drug-likeness (QED) is 0.0770. The molecule has 10 nitrogen and oxygen atoms in total. The summed E-state index contributed by atoms with van der Waals surface area (Å²) in [6, 6.07) is 36.1. The molecule has 5 aromatic carbocycles. The van der Waals surface area contributed by atoms with Gasteiger partial charge in [-0.2, -0.15) is 0 Å². The maximum atomic E-state index is 14.5. The Bertz CT molecular complexity index is 5330. The number of pyridine rings is 5. The van der Waals surface area contributed by atoms with Gasteiger partial charge in [0.15, 0.2) is 0 Å². The molecule has 3 aliphatic carbocycles. The lowest BCUT2D eigenvalue weighted by molar-refractivity contribution is 0.411. The van der Waals surface area contributed by atoms with E-state index in [2.05, 4.69) is 163 Å². The molecule has 0 atom stereocenters. The minimum absolute atomic E-state index is 0.0412. The van der Waals surface area contributed by atoms with Gasteiger partial charge in [0.05, 0.1) is 64.0 Å². The number of benzene rings is 5. The minimum Gasteiger partial charge on any atom is -0.496 e. The molecule has 15 heteroatoms. The topological polar surface area (TPSA) is 111 Å². The SMILES string of the molecule is COc1cc(F)c(C(C)C)cc1-c1ccc(C)nc1C(C)(C)C.COc1cc(F)c(C(C)C)cc1-c1ccc(C2=CCCC2)nc1C(C)(C)C.COc1cc(F)c(C(C)C)cc1-c1ccc(C2CC2)nc1C(C)(C)C.COc1cc(F)c(C(C)C)cc1-c1ccc(C2CCCC2)nc1C(C)(C)C.COc1cc(F)c(C(C)C)cc1-c1cnc(C)cc1C(C)(C)C. The lowest BCUT2D eigenvalue weighted by atomic mass is 9.81. The summed E-state index contributed by atoms with van der Waals surface area (Å²) >= 11 is 0. The molecule has 0 saturated heterocycles. The Morgan fingerprint density at radius 3 is 0.896 bits per heavy atom. The molecule has 2 fully saturated rings. The summed E-state index contributed by atoms with van der Waals surface area (Å²) in [6.07, 6.45) is 15.1. The highest BCUT2D eigenvalue weighted by Crippen LogP contribution is 2.49. The van der Waals surface area contributed by atoms with Crippen molar-refractivity contribution in [2.75, 3.05) is 35.5 Å². The van der Waals surface area contributed by atoms with Gasteiger partial charge in [0.1, 0.15) is 57.8 Å². The molecule has 10 aromatic rings. The smallest absolute Gasteiger partial charge is 0.130 e. The van der Waals surface area contributed by atoms with Gasteiger partial charge >= 0.3 is 0 Å². The van der Waals surface area contributed by atoms with E-state index in [-0.39, 0.29) is 85.8 Å². The van der Waals surface area contributed by atoms with Crippen LogP contribution in [0, 0.1) is 42.9 Å². The number of nitrogens with zero attached hydrogens (tertiary/aromatic N) is 5. The zero-order chi connectivity index (χ0) is 92.6. The molecule has 3 aliphatic rings. The average Bonchev–Trinajstić information content (AvgIpc) is 1.69. The van der Waals surface area contributed by atoms with E-state index in [1.165, 1.54) is 97.8 Å². The predicted molar refractivity (Wildman–Crippen MR) is 509 cm³/mol. The minimum atomic E-state index is -0.224. The fourth-order valence-electron chi connectivity index (χ4n) is 16.6. The van der Waals surface area contributed by atoms with E-state index < -0.39 is 0 Å². The van der Waals surface area contributed by atoms with E-state index in [9.17, 15) is 22.0 Å². The Kier molecular flexibility index (Phi) is 32.4. The maximum Gasteiger partial charge on any atom is 0.130 e. The number of methoxy groups -OCH3 is 5. The lowest BCUT2D eigenvalue weighted by Crippen LogP contribution is -2.17. The van der Waals surface area contributed by atoms with Crippen LogP contribution in [0.25, 0.3) is 61.2 Å². The molecular formula is C110H142F5N5O5. The Labute approximate surface area is 746 Å². The van der Waals surface area contributed by atoms with Crippen molar-refractivity contribution >= 4 is 5.57 Å². The van der Waals surface area contributed by atoms with Crippen LogP contribution in [0.1, 0.15) is 357 Å². The van der Waals surface area contributed by atoms with Gasteiger partial charge in [-0.15, -0.1) is 0 Å².